The first-order valence-corrected chi connectivity index (χ1v) is 9.02. The summed E-state index contributed by atoms with van der Waals surface area (Å²) < 4.78 is 27.5. The van der Waals surface area contributed by atoms with E-state index in [-0.39, 0.29) is 16.7 Å². The van der Waals surface area contributed by atoms with E-state index in [2.05, 4.69) is 4.72 Å². The van der Waals surface area contributed by atoms with Crippen molar-refractivity contribution in [1.29, 1.82) is 0 Å². The molecule has 0 amide bonds. The molecule has 1 aromatic rings. The number of carbonyl (C=O) groups excluding carboxylic acids is 1. The van der Waals surface area contributed by atoms with E-state index < -0.39 is 10.0 Å². The number of hydrogen-bond acceptors (Lipinski definition) is 3. The maximum Gasteiger partial charge on any atom is 0.240 e. The minimum Gasteiger partial charge on any atom is -0.295 e. The Balaban J connectivity index is 2.08. The van der Waals surface area contributed by atoms with Crippen molar-refractivity contribution in [2.45, 2.75) is 56.9 Å². The second-order valence-electron chi connectivity index (χ2n) is 5.89. The maximum atomic E-state index is 12.4. The largest absolute Gasteiger partial charge is 0.295 e. The van der Waals surface area contributed by atoms with Crippen molar-refractivity contribution in [3.63, 3.8) is 0 Å². The summed E-state index contributed by atoms with van der Waals surface area (Å²) in [6, 6.07) is 6.05. The first kappa shape index (κ1) is 16.2. The van der Waals surface area contributed by atoms with Crippen LogP contribution in [0.25, 0.3) is 0 Å². The molecule has 4 nitrogen and oxygen atoms in total. The monoisotopic (exact) mass is 309 g/mol. The van der Waals surface area contributed by atoms with Gasteiger partial charge in [0.15, 0.2) is 5.78 Å². The summed E-state index contributed by atoms with van der Waals surface area (Å²) in [5.74, 6) is 0.354. The minimum atomic E-state index is -3.51. The number of sulfonamides is 1. The third-order valence-electron chi connectivity index (χ3n) is 4.27. The average molecular weight is 309 g/mol. The van der Waals surface area contributed by atoms with Crippen LogP contribution in [0.1, 0.15) is 56.3 Å². The molecule has 1 N–H and O–H groups in total. The molecule has 5 heteroatoms. The van der Waals surface area contributed by atoms with E-state index in [0.717, 1.165) is 12.8 Å². The van der Waals surface area contributed by atoms with Crippen molar-refractivity contribution >= 4 is 15.8 Å². The van der Waals surface area contributed by atoms with Crippen molar-refractivity contribution in [2.75, 3.05) is 0 Å². The summed E-state index contributed by atoms with van der Waals surface area (Å²) in [6.45, 7) is 3.41. The Labute approximate surface area is 127 Å². The number of hydrogen-bond donors (Lipinski definition) is 1. The molecule has 1 atom stereocenters. The van der Waals surface area contributed by atoms with Crippen molar-refractivity contribution < 1.29 is 13.2 Å². The highest BCUT2D eigenvalue weighted by molar-refractivity contribution is 7.89. The van der Waals surface area contributed by atoms with Crippen molar-refractivity contribution in [2.24, 2.45) is 5.92 Å². The Morgan fingerprint density at radius 3 is 2.24 bits per heavy atom. The number of ketones is 1. The van der Waals surface area contributed by atoms with Crippen LogP contribution in [0.5, 0.6) is 0 Å². The zero-order valence-electron chi connectivity index (χ0n) is 12.6. The molecular weight excluding hydrogens is 286 g/mol. The maximum absolute atomic E-state index is 12.4. The van der Waals surface area contributed by atoms with Gasteiger partial charge in [-0.05, 0) is 44.7 Å². The third kappa shape index (κ3) is 4.14. The number of nitrogens with one attached hydrogen (secondary N) is 1. The van der Waals surface area contributed by atoms with E-state index in [0.29, 0.717) is 11.5 Å². The highest BCUT2D eigenvalue weighted by Crippen LogP contribution is 2.27. The Kier molecular flexibility index (Phi) is 5.17. The number of rotatable bonds is 5. The Bertz CT molecular complexity index is 586. The number of benzene rings is 1. The van der Waals surface area contributed by atoms with Gasteiger partial charge in [0, 0.05) is 11.6 Å². The van der Waals surface area contributed by atoms with Crippen molar-refractivity contribution in [3.05, 3.63) is 29.8 Å². The molecule has 0 heterocycles. The molecular formula is C16H23NO3S. The topological polar surface area (TPSA) is 63.2 Å². The van der Waals surface area contributed by atoms with E-state index in [1.807, 2.05) is 6.92 Å². The second kappa shape index (κ2) is 6.71. The lowest BCUT2D eigenvalue weighted by Gasteiger charge is -2.28. The summed E-state index contributed by atoms with van der Waals surface area (Å²) in [7, 11) is -3.51. The SMILES string of the molecule is CC(=O)c1ccc(S(=O)(=O)NC(C)C2CCCCC2)cc1. The van der Waals surface area contributed by atoms with Crippen LogP contribution in [0.15, 0.2) is 29.2 Å². The van der Waals surface area contributed by atoms with Gasteiger partial charge in [-0.2, -0.15) is 0 Å². The van der Waals surface area contributed by atoms with E-state index in [4.69, 9.17) is 0 Å². The van der Waals surface area contributed by atoms with E-state index in [1.165, 1.54) is 38.3 Å². The zero-order chi connectivity index (χ0) is 15.5. The molecule has 1 saturated carbocycles. The van der Waals surface area contributed by atoms with Crippen molar-refractivity contribution in [1.82, 2.24) is 4.72 Å². The molecule has 0 aromatic heterocycles. The quantitative estimate of drug-likeness (QED) is 0.850. The molecule has 1 aliphatic carbocycles. The Morgan fingerprint density at radius 2 is 1.71 bits per heavy atom. The van der Waals surface area contributed by atoms with Crippen LogP contribution in [-0.2, 0) is 10.0 Å². The first-order chi connectivity index (χ1) is 9.90. The molecule has 0 bridgehead atoms. The second-order valence-corrected chi connectivity index (χ2v) is 7.60. The average Bonchev–Trinajstić information content (AvgIpc) is 2.48. The molecule has 0 spiro atoms. The number of carbonyl (C=O) groups is 1. The standard InChI is InChI=1S/C16H23NO3S/c1-12(14-6-4-3-5-7-14)17-21(19,20)16-10-8-15(9-11-16)13(2)18/h8-12,14,17H,3-7H2,1-2H3. The highest BCUT2D eigenvalue weighted by atomic mass is 32.2. The summed E-state index contributed by atoms with van der Waals surface area (Å²) in [6.07, 6.45) is 5.80. The highest BCUT2D eigenvalue weighted by Gasteiger charge is 2.25. The molecule has 116 valence electrons. The first-order valence-electron chi connectivity index (χ1n) is 7.53. The number of Topliss-reactive ketones (excluding diaryl/α,β-unsaturated/α-hetero) is 1. The van der Waals surface area contributed by atoms with Gasteiger partial charge >= 0.3 is 0 Å². The van der Waals surface area contributed by atoms with Crippen LogP contribution in [0.4, 0.5) is 0 Å². The lowest BCUT2D eigenvalue weighted by molar-refractivity contribution is 0.101. The summed E-state index contributed by atoms with van der Waals surface area (Å²) in [5, 5.41) is 0. The molecule has 0 radical (unpaired) electrons. The van der Waals surface area contributed by atoms with Crippen LogP contribution in [0, 0.1) is 5.92 Å². The van der Waals surface area contributed by atoms with Gasteiger partial charge in [0.2, 0.25) is 10.0 Å². The summed E-state index contributed by atoms with van der Waals surface area (Å²) in [5.41, 5.74) is 0.522. The van der Waals surface area contributed by atoms with Crippen LogP contribution in [-0.4, -0.2) is 20.2 Å². The minimum absolute atomic E-state index is 0.0530. The summed E-state index contributed by atoms with van der Waals surface area (Å²) >= 11 is 0. The molecule has 1 aromatic carbocycles. The third-order valence-corrected chi connectivity index (χ3v) is 5.84. The van der Waals surface area contributed by atoms with E-state index in [9.17, 15) is 13.2 Å². The van der Waals surface area contributed by atoms with Gasteiger partial charge in [-0.1, -0.05) is 31.4 Å². The van der Waals surface area contributed by atoms with E-state index >= 15 is 0 Å². The summed E-state index contributed by atoms with van der Waals surface area (Å²) in [4.78, 5) is 11.4. The fourth-order valence-electron chi connectivity index (χ4n) is 2.91. The molecule has 0 saturated heterocycles. The van der Waals surface area contributed by atoms with Crippen LogP contribution in [0.2, 0.25) is 0 Å². The van der Waals surface area contributed by atoms with Crippen LogP contribution < -0.4 is 4.72 Å². The normalized spacial score (nSPS) is 18.4. The lowest BCUT2D eigenvalue weighted by Crippen LogP contribution is -2.38. The van der Waals surface area contributed by atoms with Crippen molar-refractivity contribution in [3.8, 4) is 0 Å². The fourth-order valence-corrected chi connectivity index (χ4v) is 4.22. The molecule has 2 rings (SSSR count). The Hall–Kier alpha value is -1.20. The molecule has 1 unspecified atom stereocenters. The van der Waals surface area contributed by atoms with Gasteiger partial charge in [-0.25, -0.2) is 13.1 Å². The molecule has 21 heavy (non-hydrogen) atoms. The molecule has 1 fully saturated rings. The van der Waals surface area contributed by atoms with Gasteiger partial charge in [-0.3, -0.25) is 4.79 Å². The molecule has 0 aliphatic heterocycles. The van der Waals surface area contributed by atoms with E-state index in [1.54, 1.807) is 12.1 Å². The van der Waals surface area contributed by atoms with Gasteiger partial charge in [0.05, 0.1) is 4.90 Å². The zero-order valence-corrected chi connectivity index (χ0v) is 13.4. The Morgan fingerprint density at radius 1 is 1.14 bits per heavy atom. The molecule has 1 aliphatic rings. The smallest absolute Gasteiger partial charge is 0.240 e. The predicted octanol–water partition coefficient (Wildman–Crippen LogP) is 3.14. The predicted molar refractivity (Wildman–Crippen MR) is 82.8 cm³/mol. The van der Waals surface area contributed by atoms with Gasteiger partial charge in [0.1, 0.15) is 0 Å². The van der Waals surface area contributed by atoms with Crippen LogP contribution >= 0.6 is 0 Å². The fraction of sp³-hybridized carbons (Fsp3) is 0.562. The lowest BCUT2D eigenvalue weighted by atomic mass is 9.85. The van der Waals surface area contributed by atoms with Gasteiger partial charge < -0.3 is 0 Å². The van der Waals surface area contributed by atoms with Gasteiger partial charge in [0.25, 0.3) is 0 Å². The van der Waals surface area contributed by atoms with Gasteiger partial charge in [-0.15, -0.1) is 0 Å². The van der Waals surface area contributed by atoms with Crippen LogP contribution in [0.3, 0.4) is 0 Å².